The molecule has 1 rings (SSSR count). The Morgan fingerprint density at radius 1 is 1.39 bits per heavy atom. The third-order valence-electron chi connectivity index (χ3n) is 3.24. The van der Waals surface area contributed by atoms with Crippen LogP contribution in [-0.2, 0) is 14.9 Å². The second kappa shape index (κ2) is 6.81. The smallest absolute Gasteiger partial charge is 0.279 e. The first-order valence-corrected chi connectivity index (χ1v) is 7.85. The van der Waals surface area contributed by atoms with Gasteiger partial charge in [0.1, 0.15) is 0 Å². The van der Waals surface area contributed by atoms with Gasteiger partial charge in [0.25, 0.3) is 10.2 Å². The van der Waals surface area contributed by atoms with Gasteiger partial charge in [0.05, 0.1) is 5.60 Å². The zero-order chi connectivity index (χ0) is 13.6. The van der Waals surface area contributed by atoms with E-state index in [1.165, 1.54) is 4.31 Å². The Labute approximate surface area is 109 Å². The Bertz CT molecular complexity index is 339. The molecule has 18 heavy (non-hydrogen) atoms. The molecule has 2 N–H and O–H groups in total. The topological polar surface area (TPSA) is 78.9 Å². The predicted molar refractivity (Wildman–Crippen MR) is 69.5 cm³/mol. The van der Waals surface area contributed by atoms with Gasteiger partial charge in [-0.1, -0.05) is 13.3 Å². The zero-order valence-electron chi connectivity index (χ0n) is 11.2. The summed E-state index contributed by atoms with van der Waals surface area (Å²) in [5.74, 6) is 0. The van der Waals surface area contributed by atoms with E-state index >= 15 is 0 Å². The molecule has 0 bridgehead atoms. The lowest BCUT2D eigenvalue weighted by Crippen LogP contribution is -2.49. The summed E-state index contributed by atoms with van der Waals surface area (Å²) < 4.78 is 32.7. The predicted octanol–water partition coefficient (Wildman–Crippen LogP) is 0.0942. The minimum absolute atomic E-state index is 0.0508. The number of hydrogen-bond donors (Lipinski definition) is 2. The monoisotopic (exact) mass is 280 g/mol. The Hall–Kier alpha value is -0.210. The van der Waals surface area contributed by atoms with E-state index in [0.717, 1.165) is 12.8 Å². The summed E-state index contributed by atoms with van der Waals surface area (Å²) in [5, 5.41) is 10.2. The summed E-state index contributed by atoms with van der Waals surface area (Å²) in [6.07, 6.45) is 2.71. The maximum atomic E-state index is 11.9. The third-order valence-corrected chi connectivity index (χ3v) is 4.76. The molecule has 1 heterocycles. The normalized spacial score (nSPS) is 20.2. The van der Waals surface area contributed by atoms with Crippen molar-refractivity contribution in [3.05, 3.63) is 0 Å². The van der Waals surface area contributed by atoms with Gasteiger partial charge < -0.3 is 9.84 Å². The van der Waals surface area contributed by atoms with Gasteiger partial charge in [-0.3, -0.25) is 0 Å². The summed E-state index contributed by atoms with van der Waals surface area (Å²) >= 11 is 0. The molecule has 7 heteroatoms. The number of unbranched alkanes of at least 4 members (excludes halogenated alkanes) is 1. The number of ether oxygens (including phenoxy) is 1. The van der Waals surface area contributed by atoms with Crippen LogP contribution in [0, 0.1) is 0 Å². The summed E-state index contributed by atoms with van der Waals surface area (Å²) in [6.45, 7) is 3.51. The van der Waals surface area contributed by atoms with Crippen molar-refractivity contribution in [2.24, 2.45) is 0 Å². The summed E-state index contributed by atoms with van der Waals surface area (Å²) in [5.41, 5.74) is -0.975. The van der Waals surface area contributed by atoms with E-state index < -0.39 is 15.8 Å². The molecule has 0 atom stereocenters. The van der Waals surface area contributed by atoms with Crippen molar-refractivity contribution in [3.63, 3.8) is 0 Å². The number of nitrogens with one attached hydrogen (secondary N) is 1. The molecule has 0 amide bonds. The summed E-state index contributed by atoms with van der Waals surface area (Å²) in [6, 6.07) is 0. The second-order valence-corrected chi connectivity index (χ2v) is 6.70. The van der Waals surface area contributed by atoms with Crippen molar-refractivity contribution in [2.45, 2.75) is 38.2 Å². The van der Waals surface area contributed by atoms with E-state index in [0.29, 0.717) is 32.6 Å². The van der Waals surface area contributed by atoms with Crippen LogP contribution >= 0.6 is 0 Å². The van der Waals surface area contributed by atoms with E-state index in [4.69, 9.17) is 4.74 Å². The van der Waals surface area contributed by atoms with Gasteiger partial charge in [-0.25, -0.2) is 0 Å². The second-order valence-electron chi connectivity index (χ2n) is 4.84. The van der Waals surface area contributed by atoms with Crippen molar-refractivity contribution in [1.29, 1.82) is 0 Å². The standard InChI is InChI=1S/C11H24N2O4S/c1-3-4-7-13(2)18(15,16)12-10-11(14)5-8-17-9-6-11/h12,14H,3-10H2,1-2H3. The molecule has 0 radical (unpaired) electrons. The van der Waals surface area contributed by atoms with Crippen molar-refractivity contribution >= 4 is 10.2 Å². The van der Waals surface area contributed by atoms with Crippen LogP contribution in [0.2, 0.25) is 0 Å². The number of nitrogens with zero attached hydrogens (tertiary/aromatic N) is 1. The Morgan fingerprint density at radius 2 is 2.00 bits per heavy atom. The van der Waals surface area contributed by atoms with Crippen LogP contribution in [0.15, 0.2) is 0 Å². The van der Waals surface area contributed by atoms with E-state index in [1.807, 2.05) is 6.92 Å². The van der Waals surface area contributed by atoms with Crippen molar-refractivity contribution in [1.82, 2.24) is 9.03 Å². The first-order valence-electron chi connectivity index (χ1n) is 6.41. The van der Waals surface area contributed by atoms with Gasteiger partial charge in [0.15, 0.2) is 0 Å². The van der Waals surface area contributed by atoms with Crippen LogP contribution in [0.4, 0.5) is 0 Å². The molecule has 0 saturated carbocycles. The highest BCUT2D eigenvalue weighted by atomic mass is 32.2. The van der Waals surface area contributed by atoms with E-state index in [1.54, 1.807) is 7.05 Å². The molecule has 0 unspecified atom stereocenters. The largest absolute Gasteiger partial charge is 0.388 e. The molecule has 6 nitrogen and oxygen atoms in total. The lowest BCUT2D eigenvalue weighted by atomic mass is 9.95. The molecule has 1 saturated heterocycles. The van der Waals surface area contributed by atoms with E-state index in [-0.39, 0.29) is 6.54 Å². The van der Waals surface area contributed by atoms with Crippen LogP contribution in [0.5, 0.6) is 0 Å². The first-order chi connectivity index (χ1) is 8.40. The highest BCUT2D eigenvalue weighted by Crippen LogP contribution is 2.19. The fraction of sp³-hybridized carbons (Fsp3) is 1.00. The van der Waals surface area contributed by atoms with Gasteiger partial charge in [0, 0.05) is 46.2 Å². The van der Waals surface area contributed by atoms with Crippen LogP contribution in [0.25, 0.3) is 0 Å². The molecular formula is C11H24N2O4S. The van der Waals surface area contributed by atoms with Crippen molar-refractivity contribution < 1.29 is 18.3 Å². The van der Waals surface area contributed by atoms with Gasteiger partial charge in [-0.15, -0.1) is 0 Å². The molecule has 0 aromatic rings. The quantitative estimate of drug-likeness (QED) is 0.693. The maximum absolute atomic E-state index is 11.9. The minimum Gasteiger partial charge on any atom is -0.388 e. The first kappa shape index (κ1) is 15.8. The summed E-state index contributed by atoms with van der Waals surface area (Å²) in [4.78, 5) is 0. The average Bonchev–Trinajstić information content (AvgIpc) is 2.35. The van der Waals surface area contributed by atoms with Crippen LogP contribution in [0.1, 0.15) is 32.6 Å². The molecule has 1 aliphatic heterocycles. The Morgan fingerprint density at radius 3 is 2.56 bits per heavy atom. The minimum atomic E-state index is -3.49. The van der Waals surface area contributed by atoms with E-state index in [2.05, 4.69) is 4.72 Å². The number of rotatable bonds is 7. The fourth-order valence-electron chi connectivity index (χ4n) is 1.76. The van der Waals surface area contributed by atoms with Gasteiger partial charge in [-0.2, -0.15) is 17.4 Å². The van der Waals surface area contributed by atoms with Crippen LogP contribution in [0.3, 0.4) is 0 Å². The molecule has 0 spiro atoms. The van der Waals surface area contributed by atoms with Crippen LogP contribution < -0.4 is 4.72 Å². The maximum Gasteiger partial charge on any atom is 0.279 e. The lowest BCUT2D eigenvalue weighted by molar-refractivity contribution is -0.0590. The summed E-state index contributed by atoms with van der Waals surface area (Å²) in [7, 11) is -1.94. The molecule has 0 aliphatic carbocycles. The average molecular weight is 280 g/mol. The Balaban J connectivity index is 2.45. The molecule has 1 aliphatic rings. The molecule has 1 fully saturated rings. The zero-order valence-corrected chi connectivity index (χ0v) is 12.0. The number of aliphatic hydroxyl groups is 1. The molecule has 0 aromatic heterocycles. The van der Waals surface area contributed by atoms with E-state index in [9.17, 15) is 13.5 Å². The van der Waals surface area contributed by atoms with Crippen molar-refractivity contribution in [3.8, 4) is 0 Å². The van der Waals surface area contributed by atoms with Crippen molar-refractivity contribution in [2.75, 3.05) is 33.4 Å². The third kappa shape index (κ3) is 4.81. The van der Waals surface area contributed by atoms with Gasteiger partial charge >= 0.3 is 0 Å². The highest BCUT2D eigenvalue weighted by molar-refractivity contribution is 7.87. The highest BCUT2D eigenvalue weighted by Gasteiger charge is 2.31. The van der Waals surface area contributed by atoms with Crippen LogP contribution in [-0.4, -0.2) is 56.8 Å². The molecule has 0 aromatic carbocycles. The number of hydrogen-bond acceptors (Lipinski definition) is 4. The SMILES string of the molecule is CCCCN(C)S(=O)(=O)NCC1(O)CCOCC1. The molecular weight excluding hydrogens is 256 g/mol. The fourth-order valence-corrected chi connectivity index (χ4v) is 2.81. The lowest BCUT2D eigenvalue weighted by Gasteiger charge is -2.32. The van der Waals surface area contributed by atoms with Gasteiger partial charge in [0.2, 0.25) is 0 Å². The van der Waals surface area contributed by atoms with Gasteiger partial charge in [-0.05, 0) is 6.42 Å². The Kier molecular flexibility index (Phi) is 6.00. The molecule has 108 valence electrons.